The summed E-state index contributed by atoms with van der Waals surface area (Å²) in [5.41, 5.74) is 0.885. The molecule has 0 heterocycles. The predicted molar refractivity (Wildman–Crippen MR) is 70.9 cm³/mol. The number of allylic oxidation sites excluding steroid dienone is 3. The van der Waals surface area contributed by atoms with Crippen molar-refractivity contribution in [2.45, 2.75) is 25.2 Å². The molecule has 0 fully saturated rings. The molecule has 1 aliphatic rings. The quantitative estimate of drug-likeness (QED) is 0.562. The molecule has 0 amide bonds. The molecule has 17 heavy (non-hydrogen) atoms. The van der Waals surface area contributed by atoms with Crippen LogP contribution in [0, 0.1) is 5.41 Å². The number of hydrogen-bond donors (Lipinski definition) is 0. The summed E-state index contributed by atoms with van der Waals surface area (Å²) in [7, 11) is 0. The van der Waals surface area contributed by atoms with Gasteiger partial charge in [-0.1, -0.05) is 48.6 Å². The molecule has 0 aliphatic heterocycles. The molecule has 0 saturated carbocycles. The van der Waals surface area contributed by atoms with Gasteiger partial charge in [0.1, 0.15) is 6.29 Å². The Bertz CT molecular complexity index is 418. The van der Waals surface area contributed by atoms with E-state index in [-0.39, 0.29) is 11.3 Å². The van der Waals surface area contributed by atoms with Gasteiger partial charge in [-0.25, -0.2) is 0 Å². The Kier molecular flexibility index (Phi) is 3.58. The third kappa shape index (κ3) is 2.23. The summed E-state index contributed by atoms with van der Waals surface area (Å²) >= 11 is 0. The summed E-state index contributed by atoms with van der Waals surface area (Å²) in [6, 6.07) is 9.98. The van der Waals surface area contributed by atoms with Crippen molar-refractivity contribution in [3.05, 3.63) is 60.7 Å². The van der Waals surface area contributed by atoms with Gasteiger partial charge in [0, 0.05) is 5.41 Å². The molecule has 2 atom stereocenters. The van der Waals surface area contributed by atoms with Gasteiger partial charge in [0.05, 0.1) is 5.92 Å². The lowest BCUT2D eigenvalue weighted by Gasteiger charge is -2.35. The third-order valence-corrected chi connectivity index (χ3v) is 3.66. The van der Waals surface area contributed by atoms with Gasteiger partial charge < -0.3 is 4.79 Å². The minimum atomic E-state index is -0.193. The lowest BCUT2D eigenvalue weighted by Crippen LogP contribution is -2.27. The van der Waals surface area contributed by atoms with Gasteiger partial charge in [0.25, 0.3) is 0 Å². The second-order valence-electron chi connectivity index (χ2n) is 4.64. The lowest BCUT2D eigenvalue weighted by molar-refractivity contribution is -0.110. The fourth-order valence-electron chi connectivity index (χ4n) is 2.64. The molecule has 2 rings (SSSR count). The molecule has 1 aromatic carbocycles. The average Bonchev–Trinajstić information content (AvgIpc) is 2.42. The number of hydrogen-bond acceptors (Lipinski definition) is 1. The van der Waals surface area contributed by atoms with Gasteiger partial charge in [-0.3, -0.25) is 0 Å². The minimum Gasteiger partial charge on any atom is -0.303 e. The first-order valence-corrected chi connectivity index (χ1v) is 6.14. The second-order valence-corrected chi connectivity index (χ2v) is 4.64. The standard InChI is InChI=1S/C16H18O/c1-2-16(11-7-4-8-12-16)15(13-17)14-9-5-3-6-10-14/h2-3,5-7,9-11,13,15H,1,4,8,12H2. The van der Waals surface area contributed by atoms with Gasteiger partial charge in [0.2, 0.25) is 0 Å². The van der Waals surface area contributed by atoms with Crippen molar-refractivity contribution in [3.63, 3.8) is 0 Å². The third-order valence-electron chi connectivity index (χ3n) is 3.66. The van der Waals surface area contributed by atoms with E-state index in [0.717, 1.165) is 31.1 Å². The van der Waals surface area contributed by atoms with E-state index in [9.17, 15) is 4.79 Å². The van der Waals surface area contributed by atoms with Crippen molar-refractivity contribution in [2.24, 2.45) is 5.41 Å². The molecule has 1 aromatic rings. The van der Waals surface area contributed by atoms with Gasteiger partial charge in [-0.2, -0.15) is 0 Å². The first-order chi connectivity index (χ1) is 8.32. The maximum Gasteiger partial charge on any atom is 0.128 e. The molecule has 0 bridgehead atoms. The van der Waals surface area contributed by atoms with Crippen LogP contribution in [-0.2, 0) is 4.79 Å². The summed E-state index contributed by atoms with van der Waals surface area (Å²) < 4.78 is 0. The second kappa shape index (κ2) is 5.13. The van der Waals surface area contributed by atoms with Gasteiger partial charge in [0.15, 0.2) is 0 Å². The van der Waals surface area contributed by atoms with Crippen LogP contribution in [0.5, 0.6) is 0 Å². The van der Waals surface area contributed by atoms with Crippen molar-refractivity contribution < 1.29 is 4.79 Å². The first kappa shape index (κ1) is 11.8. The largest absolute Gasteiger partial charge is 0.303 e. The topological polar surface area (TPSA) is 17.1 Å². The van der Waals surface area contributed by atoms with Crippen LogP contribution >= 0.6 is 0 Å². The Hall–Kier alpha value is -1.63. The highest BCUT2D eigenvalue weighted by molar-refractivity contribution is 5.65. The maximum absolute atomic E-state index is 11.5. The molecule has 0 N–H and O–H groups in total. The van der Waals surface area contributed by atoms with Crippen LogP contribution in [0.4, 0.5) is 0 Å². The monoisotopic (exact) mass is 226 g/mol. The maximum atomic E-state index is 11.5. The molecule has 0 saturated heterocycles. The van der Waals surface area contributed by atoms with Crippen LogP contribution in [0.25, 0.3) is 0 Å². The zero-order chi connectivity index (χ0) is 12.1. The number of benzene rings is 1. The first-order valence-electron chi connectivity index (χ1n) is 6.14. The summed E-state index contributed by atoms with van der Waals surface area (Å²) in [5, 5.41) is 0. The van der Waals surface area contributed by atoms with E-state index >= 15 is 0 Å². The van der Waals surface area contributed by atoms with Crippen LogP contribution in [0.1, 0.15) is 30.7 Å². The van der Waals surface area contributed by atoms with Crippen molar-refractivity contribution in [3.8, 4) is 0 Å². The van der Waals surface area contributed by atoms with Crippen LogP contribution < -0.4 is 0 Å². The normalized spacial score (nSPS) is 25.2. The minimum absolute atomic E-state index is 0.113. The lowest BCUT2D eigenvalue weighted by atomic mass is 9.67. The van der Waals surface area contributed by atoms with Crippen molar-refractivity contribution in [2.75, 3.05) is 0 Å². The van der Waals surface area contributed by atoms with Crippen LogP contribution in [0.2, 0.25) is 0 Å². The number of aldehydes is 1. The SMILES string of the molecule is C=CC1(C(C=O)c2ccccc2)C=CCCC1. The fraction of sp³-hybridized carbons (Fsp3) is 0.312. The fourth-order valence-corrected chi connectivity index (χ4v) is 2.64. The summed E-state index contributed by atoms with van der Waals surface area (Å²) in [6.45, 7) is 3.94. The molecule has 0 radical (unpaired) electrons. The van der Waals surface area contributed by atoms with Crippen LogP contribution in [-0.4, -0.2) is 6.29 Å². The van der Waals surface area contributed by atoms with E-state index in [1.807, 2.05) is 36.4 Å². The summed E-state index contributed by atoms with van der Waals surface area (Å²) in [6.07, 6.45) is 10.6. The Morgan fingerprint density at radius 3 is 2.59 bits per heavy atom. The Balaban J connectivity index is 2.40. The summed E-state index contributed by atoms with van der Waals surface area (Å²) in [5.74, 6) is -0.113. The van der Waals surface area contributed by atoms with E-state index in [1.54, 1.807) is 0 Å². The van der Waals surface area contributed by atoms with Crippen molar-refractivity contribution in [1.82, 2.24) is 0 Å². The Morgan fingerprint density at radius 2 is 2.06 bits per heavy atom. The van der Waals surface area contributed by atoms with Gasteiger partial charge >= 0.3 is 0 Å². The molecule has 88 valence electrons. The molecule has 1 nitrogen and oxygen atoms in total. The van der Waals surface area contributed by atoms with Crippen LogP contribution in [0.3, 0.4) is 0 Å². The Labute approximate surface area is 103 Å². The highest BCUT2D eigenvalue weighted by Crippen LogP contribution is 2.43. The zero-order valence-corrected chi connectivity index (χ0v) is 10.0. The molecule has 2 unspecified atom stereocenters. The van der Waals surface area contributed by atoms with E-state index in [2.05, 4.69) is 18.7 Å². The van der Waals surface area contributed by atoms with Crippen molar-refractivity contribution in [1.29, 1.82) is 0 Å². The molecular weight excluding hydrogens is 208 g/mol. The van der Waals surface area contributed by atoms with E-state index in [1.165, 1.54) is 0 Å². The highest BCUT2D eigenvalue weighted by atomic mass is 16.1. The Morgan fingerprint density at radius 1 is 1.29 bits per heavy atom. The molecular formula is C16H18O. The smallest absolute Gasteiger partial charge is 0.128 e. The molecule has 1 heteroatoms. The zero-order valence-electron chi connectivity index (χ0n) is 10.0. The number of carbonyl (C=O) groups is 1. The van der Waals surface area contributed by atoms with E-state index in [0.29, 0.717) is 0 Å². The molecule has 0 spiro atoms. The van der Waals surface area contributed by atoms with Gasteiger partial charge in [-0.15, -0.1) is 6.58 Å². The van der Waals surface area contributed by atoms with Gasteiger partial charge in [-0.05, 0) is 24.8 Å². The van der Waals surface area contributed by atoms with E-state index in [4.69, 9.17) is 0 Å². The van der Waals surface area contributed by atoms with Crippen molar-refractivity contribution >= 4 is 6.29 Å². The average molecular weight is 226 g/mol. The van der Waals surface area contributed by atoms with Crippen LogP contribution in [0.15, 0.2) is 55.1 Å². The highest BCUT2D eigenvalue weighted by Gasteiger charge is 2.35. The van der Waals surface area contributed by atoms with E-state index < -0.39 is 0 Å². The molecule has 0 aromatic heterocycles. The predicted octanol–water partition coefficient (Wildman–Crippen LogP) is 3.88. The molecule has 1 aliphatic carbocycles. The number of carbonyl (C=O) groups excluding carboxylic acids is 1. The number of rotatable bonds is 4. The summed E-state index contributed by atoms with van der Waals surface area (Å²) in [4.78, 5) is 11.5.